The summed E-state index contributed by atoms with van der Waals surface area (Å²) in [6, 6.07) is 4.98. The lowest BCUT2D eigenvalue weighted by Gasteiger charge is -2.11. The van der Waals surface area contributed by atoms with Crippen molar-refractivity contribution in [3.8, 4) is 0 Å². The minimum atomic E-state index is -3.57. The second-order valence-electron chi connectivity index (χ2n) is 4.29. The smallest absolute Gasteiger partial charge is 0.242 e. The van der Waals surface area contributed by atoms with Crippen molar-refractivity contribution in [2.24, 2.45) is 7.05 Å². The quantitative estimate of drug-likeness (QED) is 0.881. The summed E-state index contributed by atoms with van der Waals surface area (Å²) in [5, 5.41) is 11.0. The van der Waals surface area contributed by atoms with Crippen LogP contribution in [0.3, 0.4) is 0 Å². The van der Waals surface area contributed by atoms with Crippen LogP contribution in [0.1, 0.15) is 23.5 Å². The molecule has 2 heterocycles. The molecule has 19 heavy (non-hydrogen) atoms. The van der Waals surface area contributed by atoms with Crippen LogP contribution in [-0.2, 0) is 23.7 Å². The zero-order valence-electron chi connectivity index (χ0n) is 10.7. The molecule has 7 heteroatoms. The van der Waals surface area contributed by atoms with E-state index in [0.717, 1.165) is 4.88 Å². The molecule has 0 radical (unpaired) electrons. The number of aryl methyl sites for hydroxylation is 1. The van der Waals surface area contributed by atoms with Crippen LogP contribution in [0.2, 0.25) is 0 Å². The Morgan fingerprint density at radius 2 is 2.26 bits per heavy atom. The van der Waals surface area contributed by atoms with E-state index in [1.165, 1.54) is 23.6 Å². The van der Waals surface area contributed by atoms with E-state index < -0.39 is 10.0 Å². The fourth-order valence-electron chi connectivity index (χ4n) is 1.78. The van der Waals surface area contributed by atoms with Gasteiger partial charge in [-0.05, 0) is 24.4 Å². The predicted octanol–water partition coefficient (Wildman–Crippen LogP) is 1.62. The summed E-state index contributed by atoms with van der Waals surface area (Å²) in [5.74, 6) is 0. The molecule has 0 aliphatic rings. The fourth-order valence-corrected chi connectivity index (χ4v) is 3.90. The average molecular weight is 300 g/mol. The van der Waals surface area contributed by atoms with Crippen molar-refractivity contribution in [3.63, 3.8) is 0 Å². The summed E-state index contributed by atoms with van der Waals surface area (Å²) in [7, 11) is -1.87. The van der Waals surface area contributed by atoms with E-state index in [9.17, 15) is 8.42 Å². The number of aliphatic hydroxyl groups excluding tert-OH is 1. The molecule has 0 aliphatic heterocycles. The van der Waals surface area contributed by atoms with E-state index in [1.54, 1.807) is 18.5 Å². The first-order valence-corrected chi connectivity index (χ1v) is 8.12. The van der Waals surface area contributed by atoms with Gasteiger partial charge in [-0.25, -0.2) is 13.1 Å². The number of thiophene rings is 1. The zero-order valence-corrected chi connectivity index (χ0v) is 12.3. The molecular formula is C12H16N2O3S2. The number of aromatic nitrogens is 1. The van der Waals surface area contributed by atoms with Crippen molar-refractivity contribution in [2.45, 2.75) is 24.5 Å². The van der Waals surface area contributed by atoms with E-state index in [4.69, 9.17) is 5.11 Å². The minimum absolute atomic E-state index is 0.169. The number of hydrogen-bond acceptors (Lipinski definition) is 4. The maximum Gasteiger partial charge on any atom is 0.242 e. The monoisotopic (exact) mass is 300 g/mol. The van der Waals surface area contributed by atoms with Gasteiger partial charge in [-0.15, -0.1) is 11.3 Å². The van der Waals surface area contributed by atoms with E-state index in [0.29, 0.717) is 5.69 Å². The van der Waals surface area contributed by atoms with Crippen LogP contribution in [0.25, 0.3) is 0 Å². The zero-order chi connectivity index (χ0) is 14.0. The van der Waals surface area contributed by atoms with E-state index in [1.807, 2.05) is 17.5 Å². The van der Waals surface area contributed by atoms with Crippen LogP contribution in [-0.4, -0.2) is 18.1 Å². The molecule has 2 rings (SSSR count). The van der Waals surface area contributed by atoms with Gasteiger partial charge in [0.15, 0.2) is 0 Å². The van der Waals surface area contributed by atoms with E-state index in [-0.39, 0.29) is 17.5 Å². The molecule has 5 nitrogen and oxygen atoms in total. The Morgan fingerprint density at radius 3 is 2.79 bits per heavy atom. The van der Waals surface area contributed by atoms with Crippen molar-refractivity contribution in [1.82, 2.24) is 9.29 Å². The summed E-state index contributed by atoms with van der Waals surface area (Å²) in [5.41, 5.74) is 0.559. The van der Waals surface area contributed by atoms with Gasteiger partial charge in [0, 0.05) is 23.8 Å². The van der Waals surface area contributed by atoms with Crippen LogP contribution >= 0.6 is 11.3 Å². The Labute approximate surface area is 116 Å². The first-order chi connectivity index (χ1) is 8.94. The van der Waals surface area contributed by atoms with Gasteiger partial charge < -0.3 is 9.67 Å². The lowest BCUT2D eigenvalue weighted by Crippen LogP contribution is -2.26. The van der Waals surface area contributed by atoms with Gasteiger partial charge in [0.1, 0.15) is 0 Å². The average Bonchev–Trinajstić information content (AvgIpc) is 2.96. The van der Waals surface area contributed by atoms with Gasteiger partial charge in [-0.1, -0.05) is 6.07 Å². The van der Waals surface area contributed by atoms with Gasteiger partial charge in [-0.2, -0.15) is 0 Å². The SMILES string of the molecule is CC(NS(=O)(=O)c1cc(CO)n(C)c1)c1cccs1. The highest BCUT2D eigenvalue weighted by Crippen LogP contribution is 2.21. The van der Waals surface area contributed by atoms with Crippen molar-refractivity contribution >= 4 is 21.4 Å². The normalized spacial score (nSPS) is 13.6. The number of hydrogen-bond donors (Lipinski definition) is 2. The van der Waals surface area contributed by atoms with Gasteiger partial charge in [-0.3, -0.25) is 0 Å². The predicted molar refractivity (Wildman–Crippen MR) is 74.4 cm³/mol. The molecule has 0 fully saturated rings. The van der Waals surface area contributed by atoms with Crippen molar-refractivity contribution in [3.05, 3.63) is 40.3 Å². The molecule has 0 spiro atoms. The molecule has 0 bridgehead atoms. The molecule has 0 saturated heterocycles. The number of sulfonamides is 1. The molecule has 0 aliphatic carbocycles. The molecule has 2 aromatic heterocycles. The Bertz CT molecular complexity index is 645. The number of nitrogens with zero attached hydrogens (tertiary/aromatic N) is 1. The highest BCUT2D eigenvalue weighted by Gasteiger charge is 2.21. The molecule has 2 N–H and O–H groups in total. The topological polar surface area (TPSA) is 71.3 Å². The van der Waals surface area contributed by atoms with Gasteiger partial charge >= 0.3 is 0 Å². The second-order valence-corrected chi connectivity index (χ2v) is 6.99. The molecule has 1 unspecified atom stereocenters. The standard InChI is InChI=1S/C12H16N2O3S2/c1-9(12-4-3-5-18-12)13-19(16,17)11-6-10(8-15)14(2)7-11/h3-7,9,13,15H,8H2,1-2H3. The Morgan fingerprint density at radius 1 is 1.53 bits per heavy atom. The summed E-state index contributed by atoms with van der Waals surface area (Å²) in [6.07, 6.45) is 1.50. The van der Waals surface area contributed by atoms with Crippen LogP contribution in [0.4, 0.5) is 0 Å². The number of nitrogens with one attached hydrogen (secondary N) is 1. The summed E-state index contributed by atoms with van der Waals surface area (Å²) in [6.45, 7) is 1.62. The Balaban J connectivity index is 2.22. The van der Waals surface area contributed by atoms with E-state index >= 15 is 0 Å². The van der Waals surface area contributed by atoms with Crippen molar-refractivity contribution < 1.29 is 13.5 Å². The van der Waals surface area contributed by atoms with Crippen molar-refractivity contribution in [1.29, 1.82) is 0 Å². The van der Waals surface area contributed by atoms with E-state index in [2.05, 4.69) is 4.72 Å². The summed E-state index contributed by atoms with van der Waals surface area (Å²) in [4.78, 5) is 1.13. The second kappa shape index (κ2) is 5.46. The molecule has 1 atom stereocenters. The highest BCUT2D eigenvalue weighted by atomic mass is 32.2. The Kier molecular flexibility index (Phi) is 4.10. The Hall–Kier alpha value is -1.15. The summed E-state index contributed by atoms with van der Waals surface area (Å²) < 4.78 is 28.7. The van der Waals surface area contributed by atoms with Crippen LogP contribution in [0, 0.1) is 0 Å². The molecule has 0 saturated carbocycles. The third-order valence-electron chi connectivity index (χ3n) is 2.86. The van der Waals surface area contributed by atoms with Crippen molar-refractivity contribution in [2.75, 3.05) is 0 Å². The van der Waals surface area contributed by atoms with Gasteiger partial charge in [0.25, 0.3) is 0 Å². The lowest BCUT2D eigenvalue weighted by molar-refractivity contribution is 0.272. The highest BCUT2D eigenvalue weighted by molar-refractivity contribution is 7.89. The third kappa shape index (κ3) is 3.06. The van der Waals surface area contributed by atoms with Crippen LogP contribution in [0.5, 0.6) is 0 Å². The molecule has 2 aromatic rings. The largest absolute Gasteiger partial charge is 0.390 e. The number of rotatable bonds is 5. The number of aliphatic hydroxyl groups is 1. The third-order valence-corrected chi connectivity index (χ3v) is 5.42. The fraction of sp³-hybridized carbons (Fsp3) is 0.333. The lowest BCUT2D eigenvalue weighted by atomic mass is 10.3. The summed E-state index contributed by atoms with van der Waals surface area (Å²) >= 11 is 1.51. The minimum Gasteiger partial charge on any atom is -0.390 e. The first kappa shape index (κ1) is 14.3. The molecular weight excluding hydrogens is 284 g/mol. The molecule has 0 aromatic carbocycles. The van der Waals surface area contributed by atoms with Crippen LogP contribution < -0.4 is 4.72 Å². The molecule has 104 valence electrons. The molecule has 0 amide bonds. The van der Waals surface area contributed by atoms with Gasteiger partial charge in [0.2, 0.25) is 10.0 Å². The first-order valence-electron chi connectivity index (χ1n) is 5.76. The maximum atomic E-state index is 12.2. The maximum absolute atomic E-state index is 12.2. The van der Waals surface area contributed by atoms with Crippen LogP contribution in [0.15, 0.2) is 34.7 Å². The van der Waals surface area contributed by atoms with Gasteiger partial charge in [0.05, 0.1) is 17.5 Å².